The Morgan fingerprint density at radius 1 is 1.28 bits per heavy atom. The van der Waals surface area contributed by atoms with Crippen molar-refractivity contribution < 1.29 is 9.18 Å². The Balaban J connectivity index is 1.47. The highest BCUT2D eigenvalue weighted by Gasteiger charge is 2.26. The predicted octanol–water partition coefficient (Wildman–Crippen LogP) is 2.59. The molecule has 9 nitrogen and oxygen atoms in total. The molecular weight excluding hydrogens is 411 g/mol. The Bertz CT molecular complexity index is 1260. The van der Waals surface area contributed by atoms with Crippen molar-refractivity contribution in [1.29, 1.82) is 0 Å². The van der Waals surface area contributed by atoms with Gasteiger partial charge in [0.25, 0.3) is 5.91 Å². The maximum Gasteiger partial charge on any atom is 0.262 e. The molecule has 4 aromatic rings. The summed E-state index contributed by atoms with van der Waals surface area (Å²) in [4.78, 5) is 23.6. The van der Waals surface area contributed by atoms with Crippen LogP contribution in [0.3, 0.4) is 0 Å². The summed E-state index contributed by atoms with van der Waals surface area (Å²) in [6, 6.07) is 1.94. The number of hydrogen-bond donors (Lipinski definition) is 2. The molecule has 4 heterocycles. The van der Waals surface area contributed by atoms with Gasteiger partial charge in [-0.15, -0.1) is 0 Å². The maximum atomic E-state index is 15.3. The molecule has 10 heteroatoms. The van der Waals surface area contributed by atoms with Crippen LogP contribution in [0.25, 0.3) is 16.6 Å². The van der Waals surface area contributed by atoms with Gasteiger partial charge in [0, 0.05) is 50.2 Å². The third kappa shape index (κ3) is 3.66. The van der Waals surface area contributed by atoms with Crippen LogP contribution in [0.2, 0.25) is 0 Å². The summed E-state index contributed by atoms with van der Waals surface area (Å²) in [6.45, 7) is 4.69. The van der Waals surface area contributed by atoms with Crippen molar-refractivity contribution >= 4 is 34.0 Å². The van der Waals surface area contributed by atoms with Gasteiger partial charge in [-0.3, -0.25) is 14.5 Å². The molecular formula is C22H25FN8O. The molecule has 0 atom stereocenters. The number of nitrogens with one attached hydrogen (secondary N) is 2. The fourth-order valence-electron chi connectivity index (χ4n) is 4.42. The van der Waals surface area contributed by atoms with Crippen molar-refractivity contribution in [3.63, 3.8) is 0 Å². The van der Waals surface area contributed by atoms with E-state index in [4.69, 9.17) is 0 Å². The number of hydrogen-bond acceptors (Lipinski definition) is 6. The summed E-state index contributed by atoms with van der Waals surface area (Å²) in [7, 11) is 1.77. The van der Waals surface area contributed by atoms with Gasteiger partial charge in [-0.05, 0) is 25.5 Å². The normalized spacial score (nSPS) is 15.0. The highest BCUT2D eigenvalue weighted by Crippen LogP contribution is 2.33. The lowest BCUT2D eigenvalue weighted by atomic mass is 10.0. The molecule has 1 saturated heterocycles. The fourth-order valence-corrected chi connectivity index (χ4v) is 4.42. The van der Waals surface area contributed by atoms with Gasteiger partial charge in [0.15, 0.2) is 11.5 Å². The predicted molar refractivity (Wildman–Crippen MR) is 121 cm³/mol. The van der Waals surface area contributed by atoms with Crippen molar-refractivity contribution in [1.82, 2.24) is 29.5 Å². The van der Waals surface area contributed by atoms with Crippen LogP contribution in [0.1, 0.15) is 30.1 Å². The molecule has 0 unspecified atom stereocenters. The third-order valence-electron chi connectivity index (χ3n) is 5.91. The van der Waals surface area contributed by atoms with Gasteiger partial charge in [-0.2, -0.15) is 5.10 Å². The smallest absolute Gasteiger partial charge is 0.262 e. The Morgan fingerprint density at radius 2 is 2.09 bits per heavy atom. The van der Waals surface area contributed by atoms with Gasteiger partial charge in [0.1, 0.15) is 16.9 Å². The van der Waals surface area contributed by atoms with Gasteiger partial charge in [0.2, 0.25) is 0 Å². The number of anilines is 2. The van der Waals surface area contributed by atoms with Crippen LogP contribution >= 0.6 is 0 Å². The molecule has 1 aromatic carbocycles. The zero-order valence-electron chi connectivity index (χ0n) is 18.0. The number of nitrogens with zero attached hydrogens (tertiary/aromatic N) is 6. The number of aryl methyl sites for hydroxylation is 1. The zero-order chi connectivity index (χ0) is 22.2. The monoisotopic (exact) mass is 436 g/mol. The molecule has 1 aliphatic heterocycles. The summed E-state index contributed by atoms with van der Waals surface area (Å²) < 4.78 is 18.7. The molecule has 0 bridgehead atoms. The van der Waals surface area contributed by atoms with Crippen LogP contribution in [-0.4, -0.2) is 55.7 Å². The van der Waals surface area contributed by atoms with E-state index in [2.05, 4.69) is 37.5 Å². The fraction of sp³-hybridized carbons (Fsp3) is 0.364. The Kier molecular flexibility index (Phi) is 5.22. The van der Waals surface area contributed by atoms with Crippen LogP contribution in [-0.2, 0) is 7.05 Å². The van der Waals surface area contributed by atoms with Crippen molar-refractivity contribution in [2.75, 3.05) is 29.9 Å². The number of aromatic nitrogens is 5. The summed E-state index contributed by atoms with van der Waals surface area (Å²) in [6.07, 6.45) is 10.4. The first-order valence-corrected chi connectivity index (χ1v) is 10.8. The van der Waals surface area contributed by atoms with E-state index < -0.39 is 11.7 Å². The van der Waals surface area contributed by atoms with E-state index in [1.807, 2.05) is 6.20 Å². The molecule has 5 rings (SSSR count). The first kappa shape index (κ1) is 20.4. The second-order valence-electron chi connectivity index (χ2n) is 8.06. The van der Waals surface area contributed by atoms with Gasteiger partial charge >= 0.3 is 0 Å². The van der Waals surface area contributed by atoms with Gasteiger partial charge in [-0.1, -0.05) is 6.92 Å². The minimum atomic E-state index is -0.595. The van der Waals surface area contributed by atoms with Crippen molar-refractivity contribution in [3.05, 3.63) is 48.4 Å². The first-order valence-electron chi connectivity index (χ1n) is 10.8. The quantitative estimate of drug-likeness (QED) is 0.500. The summed E-state index contributed by atoms with van der Waals surface area (Å²) >= 11 is 0. The van der Waals surface area contributed by atoms with E-state index in [1.165, 1.54) is 6.07 Å². The molecule has 0 radical (unpaired) electrons. The van der Waals surface area contributed by atoms with E-state index in [-0.39, 0.29) is 5.56 Å². The van der Waals surface area contributed by atoms with Crippen LogP contribution in [0, 0.1) is 5.82 Å². The first-order chi connectivity index (χ1) is 15.5. The number of carbonyl (C=O) groups is 1. The number of fused-ring (bicyclic) bond motifs is 2. The molecule has 0 spiro atoms. The number of imidazole rings is 1. The number of halogens is 1. The number of benzene rings is 1. The number of rotatable bonds is 5. The topological polar surface area (TPSA) is 92.4 Å². The highest BCUT2D eigenvalue weighted by atomic mass is 19.1. The summed E-state index contributed by atoms with van der Waals surface area (Å²) in [5.41, 5.74) is 1.62. The van der Waals surface area contributed by atoms with Crippen molar-refractivity contribution in [3.8, 4) is 0 Å². The molecule has 0 aliphatic carbocycles. The van der Waals surface area contributed by atoms with Crippen LogP contribution in [0.15, 0.2) is 37.1 Å². The standard InChI is InChI=1S/C22H25FN8O/c1-3-25-14-4-7-30(8-5-14)17-10-16(23)20(21-15(17)12-29(2)28-21)22(32)27-18-13-31-9-6-24-11-19(31)26-18/h6,9-14,25H,3-5,7-8H2,1-2H3,(H,27,32). The van der Waals surface area contributed by atoms with E-state index >= 15 is 4.39 Å². The van der Waals surface area contributed by atoms with Crippen molar-refractivity contribution in [2.24, 2.45) is 7.05 Å². The van der Waals surface area contributed by atoms with E-state index in [9.17, 15) is 4.79 Å². The SMILES string of the molecule is CCNC1CCN(c2cc(F)c(C(=O)Nc3cn4ccncc4n3)c3nn(C)cc23)CC1. The van der Waals surface area contributed by atoms with Gasteiger partial charge in [-0.25, -0.2) is 9.37 Å². The second kappa shape index (κ2) is 8.19. The minimum Gasteiger partial charge on any atom is -0.371 e. The summed E-state index contributed by atoms with van der Waals surface area (Å²) in [5, 5.41) is 11.4. The van der Waals surface area contributed by atoms with Gasteiger partial charge < -0.3 is 19.9 Å². The highest BCUT2D eigenvalue weighted by molar-refractivity contribution is 6.14. The number of carbonyl (C=O) groups excluding carboxylic acids is 1. The zero-order valence-corrected chi connectivity index (χ0v) is 18.0. The molecule has 1 amide bonds. The molecule has 1 aliphatic rings. The molecule has 0 saturated carbocycles. The Labute approximate surface area is 184 Å². The van der Waals surface area contributed by atoms with Crippen molar-refractivity contribution in [2.45, 2.75) is 25.8 Å². The van der Waals surface area contributed by atoms with Gasteiger partial charge in [0.05, 0.1) is 18.1 Å². The Morgan fingerprint density at radius 3 is 2.84 bits per heavy atom. The lowest BCUT2D eigenvalue weighted by Crippen LogP contribution is -2.42. The van der Waals surface area contributed by atoms with Crippen LogP contribution < -0.4 is 15.5 Å². The largest absolute Gasteiger partial charge is 0.371 e. The molecule has 32 heavy (non-hydrogen) atoms. The maximum absolute atomic E-state index is 15.3. The number of piperidine rings is 1. The van der Waals surface area contributed by atoms with Crippen LogP contribution in [0.4, 0.5) is 15.9 Å². The van der Waals surface area contributed by atoms with E-state index in [1.54, 1.807) is 40.9 Å². The van der Waals surface area contributed by atoms with E-state index in [0.717, 1.165) is 43.5 Å². The molecule has 166 valence electrons. The average Bonchev–Trinajstić information content (AvgIpc) is 3.36. The number of amides is 1. The third-order valence-corrected chi connectivity index (χ3v) is 5.91. The second-order valence-corrected chi connectivity index (χ2v) is 8.06. The minimum absolute atomic E-state index is 0.0814. The average molecular weight is 436 g/mol. The molecule has 2 N–H and O–H groups in total. The lowest BCUT2D eigenvalue weighted by molar-refractivity contribution is 0.102. The van der Waals surface area contributed by atoms with Crippen LogP contribution in [0.5, 0.6) is 0 Å². The Hall–Kier alpha value is -3.53. The van der Waals surface area contributed by atoms with E-state index in [0.29, 0.717) is 23.0 Å². The molecule has 3 aromatic heterocycles. The summed E-state index contributed by atoms with van der Waals surface area (Å²) in [5.74, 6) is -0.857. The molecule has 1 fully saturated rings. The lowest BCUT2D eigenvalue weighted by Gasteiger charge is -2.34.